The van der Waals surface area contributed by atoms with Gasteiger partial charge in [0.25, 0.3) is 0 Å². The van der Waals surface area contributed by atoms with E-state index in [1.165, 1.54) is 0 Å². The second kappa shape index (κ2) is 6.97. The number of hydrogen-bond donors (Lipinski definition) is 1. The lowest BCUT2D eigenvalue weighted by atomic mass is 10.1. The minimum atomic E-state index is -4.25. The van der Waals surface area contributed by atoms with Crippen LogP contribution in [0.25, 0.3) is 0 Å². The zero-order valence-electron chi connectivity index (χ0n) is 12.1. The summed E-state index contributed by atoms with van der Waals surface area (Å²) in [5.74, 6) is -4.16. The molecular weight excluding hydrogens is 319 g/mol. The molecule has 1 N–H and O–H groups in total. The highest BCUT2D eigenvalue weighted by Crippen LogP contribution is 2.21. The number of halogens is 3. The van der Waals surface area contributed by atoms with Crippen LogP contribution in [0, 0.1) is 17.5 Å². The molecule has 4 nitrogen and oxygen atoms in total. The molecule has 0 amide bonds. The lowest BCUT2D eigenvalue weighted by Crippen LogP contribution is -2.33. The molecule has 0 spiro atoms. The molecular formula is C14H18F3NO3S. The van der Waals surface area contributed by atoms with Gasteiger partial charge in [-0.3, -0.25) is 0 Å². The van der Waals surface area contributed by atoms with Gasteiger partial charge in [-0.25, -0.2) is 26.3 Å². The highest BCUT2D eigenvalue weighted by molar-refractivity contribution is 7.89. The molecule has 1 heterocycles. The van der Waals surface area contributed by atoms with Gasteiger partial charge in [-0.05, 0) is 38.7 Å². The number of ether oxygens (including phenoxy) is 1. The van der Waals surface area contributed by atoms with E-state index in [0.717, 1.165) is 12.8 Å². The molecule has 1 fully saturated rings. The molecule has 0 radical (unpaired) electrons. The van der Waals surface area contributed by atoms with E-state index in [4.69, 9.17) is 4.74 Å². The molecule has 1 aromatic carbocycles. The van der Waals surface area contributed by atoms with Gasteiger partial charge in [-0.2, -0.15) is 0 Å². The van der Waals surface area contributed by atoms with Gasteiger partial charge < -0.3 is 4.74 Å². The molecule has 22 heavy (non-hydrogen) atoms. The third kappa shape index (κ3) is 4.21. The predicted molar refractivity (Wildman–Crippen MR) is 74.3 cm³/mol. The fourth-order valence-electron chi connectivity index (χ4n) is 2.41. The molecule has 2 atom stereocenters. The molecule has 0 bridgehead atoms. The molecule has 1 saturated heterocycles. The first-order valence-corrected chi connectivity index (χ1v) is 8.56. The molecule has 124 valence electrons. The summed E-state index contributed by atoms with van der Waals surface area (Å²) in [6.45, 7) is 2.34. The summed E-state index contributed by atoms with van der Waals surface area (Å²) < 4.78 is 71.4. The zero-order chi connectivity index (χ0) is 16.3. The molecule has 0 aromatic heterocycles. The maximum atomic E-state index is 13.6. The van der Waals surface area contributed by atoms with Gasteiger partial charge in [0.05, 0.1) is 6.10 Å². The van der Waals surface area contributed by atoms with Crippen molar-refractivity contribution in [3.63, 3.8) is 0 Å². The van der Waals surface area contributed by atoms with Gasteiger partial charge in [0.1, 0.15) is 10.7 Å². The SMILES string of the molecule is C[C@H](CC[C@H]1CCCO1)NS(=O)(=O)c1cc(F)c(F)cc1F. The summed E-state index contributed by atoms with van der Waals surface area (Å²) in [4.78, 5) is -0.893. The van der Waals surface area contributed by atoms with E-state index in [9.17, 15) is 21.6 Å². The minimum Gasteiger partial charge on any atom is -0.378 e. The fourth-order valence-corrected chi connectivity index (χ4v) is 3.75. The van der Waals surface area contributed by atoms with Crippen molar-refractivity contribution < 1.29 is 26.3 Å². The van der Waals surface area contributed by atoms with Crippen molar-refractivity contribution in [1.82, 2.24) is 4.72 Å². The Kier molecular flexibility index (Phi) is 5.46. The van der Waals surface area contributed by atoms with Crippen LogP contribution in [0.1, 0.15) is 32.6 Å². The first kappa shape index (κ1) is 17.2. The Morgan fingerprint density at radius 2 is 1.95 bits per heavy atom. The monoisotopic (exact) mass is 337 g/mol. The Morgan fingerprint density at radius 3 is 2.59 bits per heavy atom. The Hall–Kier alpha value is -1.12. The lowest BCUT2D eigenvalue weighted by Gasteiger charge is -2.16. The van der Waals surface area contributed by atoms with Crippen molar-refractivity contribution in [2.75, 3.05) is 6.61 Å². The van der Waals surface area contributed by atoms with Crippen molar-refractivity contribution in [2.24, 2.45) is 0 Å². The molecule has 8 heteroatoms. The molecule has 1 aliphatic heterocycles. The van der Waals surface area contributed by atoms with Crippen molar-refractivity contribution in [2.45, 2.75) is 49.6 Å². The fraction of sp³-hybridized carbons (Fsp3) is 0.571. The van der Waals surface area contributed by atoms with Crippen molar-refractivity contribution >= 4 is 10.0 Å². The quantitative estimate of drug-likeness (QED) is 0.812. The molecule has 1 aromatic rings. The minimum absolute atomic E-state index is 0.118. The summed E-state index contributed by atoms with van der Waals surface area (Å²) in [6, 6.07) is 0.0995. The Bertz CT molecular complexity index is 630. The molecule has 1 aliphatic rings. The summed E-state index contributed by atoms with van der Waals surface area (Å²) in [5.41, 5.74) is 0. The van der Waals surface area contributed by atoms with E-state index in [1.54, 1.807) is 6.92 Å². The van der Waals surface area contributed by atoms with E-state index >= 15 is 0 Å². The van der Waals surface area contributed by atoms with Crippen LogP contribution >= 0.6 is 0 Å². The third-order valence-corrected chi connectivity index (χ3v) is 5.17. The topological polar surface area (TPSA) is 55.4 Å². The molecule has 0 aliphatic carbocycles. The van der Waals surface area contributed by atoms with Gasteiger partial charge in [0, 0.05) is 18.7 Å². The van der Waals surface area contributed by atoms with Crippen LogP contribution < -0.4 is 4.72 Å². The van der Waals surface area contributed by atoms with Gasteiger partial charge in [-0.15, -0.1) is 0 Å². The molecule has 2 rings (SSSR count). The number of sulfonamides is 1. The Labute approximate surface area is 127 Å². The van der Waals surface area contributed by atoms with Gasteiger partial charge in [0.15, 0.2) is 11.6 Å². The van der Waals surface area contributed by atoms with Crippen molar-refractivity contribution in [1.29, 1.82) is 0 Å². The van der Waals surface area contributed by atoms with E-state index in [0.29, 0.717) is 25.5 Å². The van der Waals surface area contributed by atoms with Gasteiger partial charge in [0.2, 0.25) is 10.0 Å². The first-order valence-electron chi connectivity index (χ1n) is 7.08. The maximum Gasteiger partial charge on any atom is 0.243 e. The van der Waals surface area contributed by atoms with Crippen molar-refractivity contribution in [3.8, 4) is 0 Å². The maximum absolute atomic E-state index is 13.6. The highest BCUT2D eigenvalue weighted by atomic mass is 32.2. The zero-order valence-corrected chi connectivity index (χ0v) is 12.9. The van der Waals surface area contributed by atoms with Crippen LogP contribution in [-0.4, -0.2) is 27.2 Å². The molecule has 0 unspecified atom stereocenters. The number of benzene rings is 1. The standard InChI is InChI=1S/C14H18F3NO3S/c1-9(4-5-10-3-2-6-21-10)18-22(19,20)14-8-12(16)11(15)7-13(14)17/h7-10,18H,2-6H2,1H3/t9-,10-/m1/s1. The van der Waals surface area contributed by atoms with Gasteiger partial charge in [-0.1, -0.05) is 0 Å². The Morgan fingerprint density at radius 1 is 1.27 bits per heavy atom. The number of hydrogen-bond acceptors (Lipinski definition) is 3. The van der Waals surface area contributed by atoms with E-state index < -0.39 is 38.4 Å². The van der Waals surface area contributed by atoms with Gasteiger partial charge >= 0.3 is 0 Å². The van der Waals surface area contributed by atoms with Crippen LogP contribution in [0.15, 0.2) is 17.0 Å². The van der Waals surface area contributed by atoms with Crippen LogP contribution in [0.4, 0.5) is 13.2 Å². The smallest absolute Gasteiger partial charge is 0.243 e. The summed E-state index contributed by atoms with van der Waals surface area (Å²) >= 11 is 0. The van der Waals surface area contributed by atoms with E-state index in [2.05, 4.69) is 4.72 Å². The average Bonchev–Trinajstić information content (AvgIpc) is 2.93. The van der Waals surface area contributed by atoms with E-state index in [-0.39, 0.29) is 12.2 Å². The first-order chi connectivity index (χ1) is 10.3. The highest BCUT2D eigenvalue weighted by Gasteiger charge is 2.24. The number of rotatable bonds is 6. The Balaban J connectivity index is 2.02. The van der Waals surface area contributed by atoms with Crippen LogP contribution in [0.5, 0.6) is 0 Å². The average molecular weight is 337 g/mol. The number of nitrogens with one attached hydrogen (secondary N) is 1. The van der Waals surface area contributed by atoms with Crippen LogP contribution in [-0.2, 0) is 14.8 Å². The molecule has 0 saturated carbocycles. The predicted octanol–water partition coefficient (Wildman–Crippen LogP) is 2.73. The third-order valence-electron chi connectivity index (χ3n) is 3.57. The summed E-state index contributed by atoms with van der Waals surface area (Å²) in [6.07, 6.45) is 3.24. The van der Waals surface area contributed by atoms with Crippen LogP contribution in [0.2, 0.25) is 0 Å². The summed E-state index contributed by atoms with van der Waals surface area (Å²) in [5, 5.41) is 0. The second-order valence-corrected chi connectivity index (χ2v) is 7.11. The van der Waals surface area contributed by atoms with Crippen LogP contribution in [0.3, 0.4) is 0 Å². The van der Waals surface area contributed by atoms with Crippen molar-refractivity contribution in [3.05, 3.63) is 29.6 Å². The lowest BCUT2D eigenvalue weighted by molar-refractivity contribution is 0.101. The van der Waals surface area contributed by atoms with E-state index in [1.807, 2.05) is 0 Å². The second-order valence-electron chi connectivity index (χ2n) is 5.43. The normalized spacial score (nSPS) is 20.3. The largest absolute Gasteiger partial charge is 0.378 e. The summed E-state index contributed by atoms with van der Waals surface area (Å²) in [7, 11) is -4.25.